The summed E-state index contributed by atoms with van der Waals surface area (Å²) in [6.45, 7) is 4.73. The quantitative estimate of drug-likeness (QED) is 0.387. The van der Waals surface area contributed by atoms with Gasteiger partial charge in [-0.15, -0.1) is 6.42 Å². The van der Waals surface area contributed by atoms with E-state index in [9.17, 15) is 0 Å². The van der Waals surface area contributed by atoms with Gasteiger partial charge >= 0.3 is 26.2 Å². The van der Waals surface area contributed by atoms with E-state index in [-0.39, 0.29) is 59.8 Å². The molecule has 2 aliphatic carbocycles. The Bertz CT molecular complexity index is 469. The molecule has 1 aromatic rings. The van der Waals surface area contributed by atoms with Crippen LogP contribution in [0.25, 0.3) is 6.08 Å². The molecule has 20 heavy (non-hydrogen) atoms. The first kappa shape index (κ1) is 22.4. The van der Waals surface area contributed by atoms with Crippen LogP contribution in [0, 0.1) is 6.08 Å². The van der Waals surface area contributed by atoms with E-state index in [4.69, 9.17) is 0 Å². The van der Waals surface area contributed by atoms with Gasteiger partial charge in [0.2, 0.25) is 0 Å². The molecule has 0 saturated heterocycles. The van der Waals surface area contributed by atoms with Gasteiger partial charge in [0.05, 0.1) is 8.80 Å². The zero-order valence-corrected chi connectivity index (χ0v) is 16.8. The largest absolute Gasteiger partial charge is 3.00 e. The van der Waals surface area contributed by atoms with Gasteiger partial charge in [-0.3, -0.25) is 6.08 Å². The summed E-state index contributed by atoms with van der Waals surface area (Å²) in [7, 11) is -0.218. The minimum absolute atomic E-state index is 0. The fourth-order valence-corrected chi connectivity index (χ4v) is 2.93. The van der Waals surface area contributed by atoms with Crippen molar-refractivity contribution in [2.24, 2.45) is 0 Å². The van der Waals surface area contributed by atoms with Crippen molar-refractivity contribution in [3.05, 3.63) is 64.9 Å². The van der Waals surface area contributed by atoms with E-state index in [2.05, 4.69) is 55.6 Å². The topological polar surface area (TPSA) is 0 Å². The molecule has 2 radical (unpaired) electrons. The number of benzene rings is 1. The Morgan fingerprint density at radius 2 is 1.80 bits per heavy atom. The molecule has 0 saturated carbocycles. The number of halogens is 2. The molecule has 0 spiro atoms. The zero-order valence-electron chi connectivity index (χ0n) is 11.8. The molecule has 2 aliphatic rings. The van der Waals surface area contributed by atoms with E-state index in [1.54, 1.807) is 5.20 Å². The maximum absolute atomic E-state index is 2.99. The molecule has 0 nitrogen and oxygen atoms in total. The molecular formula is C16H18Cl2SiZr. The average molecular weight is 401 g/mol. The number of fused-ring (bicyclic) bond motifs is 1. The normalized spacial score (nSPS) is 13.2. The molecule has 0 N–H and O–H groups in total. The van der Waals surface area contributed by atoms with Crippen molar-refractivity contribution in [3.8, 4) is 0 Å². The zero-order chi connectivity index (χ0) is 12.1. The summed E-state index contributed by atoms with van der Waals surface area (Å²) in [5.74, 6) is 0. The Morgan fingerprint density at radius 1 is 1.10 bits per heavy atom. The van der Waals surface area contributed by atoms with Crippen LogP contribution in [0.5, 0.6) is 0 Å². The second kappa shape index (κ2) is 11.7. The predicted octanol–water partition coefficient (Wildman–Crippen LogP) is -1.77. The van der Waals surface area contributed by atoms with Crippen LogP contribution >= 0.6 is 0 Å². The third-order valence-electron chi connectivity index (χ3n) is 2.99. The molecule has 3 rings (SSSR count). The van der Waals surface area contributed by atoms with Crippen molar-refractivity contribution >= 4 is 14.9 Å². The molecule has 104 valence electrons. The predicted molar refractivity (Wildman–Crippen MR) is 77.2 cm³/mol. The third-order valence-corrected chi connectivity index (χ3v) is 4.60. The average Bonchev–Trinajstić information content (AvgIpc) is 3.01. The molecule has 0 aliphatic heterocycles. The van der Waals surface area contributed by atoms with Crippen molar-refractivity contribution < 1.29 is 51.0 Å². The summed E-state index contributed by atoms with van der Waals surface area (Å²) < 4.78 is 0. The minimum atomic E-state index is -0.218. The van der Waals surface area contributed by atoms with E-state index in [0.29, 0.717) is 0 Å². The molecule has 0 amide bonds. The molecule has 0 atom stereocenters. The smallest absolute Gasteiger partial charge is 1.00 e. The Labute approximate surface area is 156 Å². The van der Waals surface area contributed by atoms with Crippen LogP contribution in [0.3, 0.4) is 0 Å². The first-order valence-corrected chi connectivity index (χ1v) is 8.58. The first-order valence-electron chi connectivity index (χ1n) is 6.08. The monoisotopic (exact) mass is 398 g/mol. The summed E-state index contributed by atoms with van der Waals surface area (Å²) in [5.41, 5.74) is 2.96. The molecule has 0 unspecified atom stereocenters. The standard InChI is InChI=1S/C11H13Si.C5H5.2ClH.Zr/c1-12(2)11-7-9-5-3-4-6-10(9)8-11;1-2-4-5-3-1;;;/h3-7H,8H2,1-2H3;1-3H,4H2;2*1H;/q;-1;;;+3/p-2. The van der Waals surface area contributed by atoms with Crippen LogP contribution in [0.2, 0.25) is 13.1 Å². The molecule has 0 fully saturated rings. The van der Waals surface area contributed by atoms with Crippen LogP contribution in [0.15, 0.2) is 47.7 Å². The minimum Gasteiger partial charge on any atom is -1.00 e. The summed E-state index contributed by atoms with van der Waals surface area (Å²) in [5, 5.41) is 1.67. The Hall–Kier alpha value is 0.120. The van der Waals surface area contributed by atoms with Crippen molar-refractivity contribution in [2.75, 3.05) is 0 Å². The molecule has 0 aromatic heterocycles. The summed E-state index contributed by atoms with van der Waals surface area (Å²) >= 11 is 0. The van der Waals surface area contributed by atoms with Crippen molar-refractivity contribution in [3.63, 3.8) is 0 Å². The number of allylic oxidation sites excluding steroid dienone is 5. The van der Waals surface area contributed by atoms with Gasteiger partial charge in [-0.1, -0.05) is 48.6 Å². The van der Waals surface area contributed by atoms with Gasteiger partial charge in [-0.2, -0.15) is 6.08 Å². The third kappa shape index (κ3) is 6.72. The summed E-state index contributed by atoms with van der Waals surface area (Å²) in [6, 6.07) is 8.71. The maximum Gasteiger partial charge on any atom is 3.00 e. The van der Waals surface area contributed by atoms with Gasteiger partial charge in [0, 0.05) is 0 Å². The van der Waals surface area contributed by atoms with Crippen LogP contribution in [0.1, 0.15) is 17.5 Å². The van der Waals surface area contributed by atoms with Crippen LogP contribution in [-0.2, 0) is 32.6 Å². The fraction of sp³-hybridized carbons (Fsp3) is 0.250. The van der Waals surface area contributed by atoms with Gasteiger partial charge in [0.15, 0.2) is 0 Å². The molecule has 0 heterocycles. The Kier molecular flexibility index (Phi) is 13.2. The van der Waals surface area contributed by atoms with Gasteiger partial charge in [0.1, 0.15) is 0 Å². The van der Waals surface area contributed by atoms with Crippen LogP contribution in [0.4, 0.5) is 0 Å². The van der Waals surface area contributed by atoms with Crippen molar-refractivity contribution in [2.45, 2.75) is 25.9 Å². The molecule has 4 heteroatoms. The number of hydrogen-bond donors (Lipinski definition) is 0. The Balaban J connectivity index is 0. The fourth-order valence-electron chi connectivity index (χ4n) is 1.94. The van der Waals surface area contributed by atoms with Gasteiger partial charge in [-0.05, 0) is 17.5 Å². The number of rotatable bonds is 1. The van der Waals surface area contributed by atoms with Crippen molar-refractivity contribution in [1.82, 2.24) is 0 Å². The van der Waals surface area contributed by atoms with Gasteiger partial charge in [-0.25, -0.2) is 12.2 Å². The number of hydrogen-bond acceptors (Lipinski definition) is 0. The van der Waals surface area contributed by atoms with Crippen molar-refractivity contribution in [1.29, 1.82) is 0 Å². The Morgan fingerprint density at radius 3 is 2.25 bits per heavy atom. The van der Waals surface area contributed by atoms with Crippen LogP contribution in [-0.4, -0.2) is 8.80 Å². The van der Waals surface area contributed by atoms with Gasteiger partial charge < -0.3 is 24.8 Å². The second-order valence-corrected chi connectivity index (χ2v) is 7.19. The summed E-state index contributed by atoms with van der Waals surface area (Å²) in [6.07, 6.45) is 13.6. The van der Waals surface area contributed by atoms with E-state index in [1.165, 1.54) is 17.5 Å². The maximum atomic E-state index is 2.99. The van der Waals surface area contributed by atoms with E-state index in [1.807, 2.05) is 12.2 Å². The van der Waals surface area contributed by atoms with E-state index in [0.717, 1.165) is 6.42 Å². The second-order valence-electron chi connectivity index (χ2n) is 4.55. The molecule has 1 aromatic carbocycles. The van der Waals surface area contributed by atoms with E-state index >= 15 is 0 Å². The van der Waals surface area contributed by atoms with Gasteiger partial charge in [0.25, 0.3) is 0 Å². The first-order chi connectivity index (χ1) is 8.27. The summed E-state index contributed by atoms with van der Waals surface area (Å²) in [4.78, 5) is 0. The molecule has 0 bridgehead atoms. The van der Waals surface area contributed by atoms with E-state index < -0.39 is 0 Å². The van der Waals surface area contributed by atoms with Crippen LogP contribution < -0.4 is 24.8 Å². The molecular weight excluding hydrogens is 382 g/mol. The SMILES string of the molecule is C[Si](C)C1=Cc2ccccc2C1.[C-]1=CC=CC1.[Cl-].[Cl-].[Zr+3].